The van der Waals surface area contributed by atoms with Gasteiger partial charge < -0.3 is 14.5 Å². The monoisotopic (exact) mass is 466 g/mol. The van der Waals surface area contributed by atoms with Gasteiger partial charge in [0.1, 0.15) is 11.5 Å². The fraction of sp³-hybridized carbons (Fsp3) is 0.120. The van der Waals surface area contributed by atoms with Crippen molar-refractivity contribution in [3.63, 3.8) is 0 Å². The molecule has 2 aromatic heterocycles. The number of benzene rings is 3. The second-order valence-electron chi connectivity index (χ2n) is 8.03. The number of nitrogens with one attached hydrogen (secondary N) is 1. The van der Waals surface area contributed by atoms with Crippen LogP contribution in [0.5, 0.6) is 0 Å². The van der Waals surface area contributed by atoms with E-state index < -0.39 is 23.5 Å². The van der Waals surface area contributed by atoms with Crippen LogP contribution in [0.2, 0.25) is 0 Å². The molecule has 0 saturated carbocycles. The number of amides is 1. The van der Waals surface area contributed by atoms with E-state index in [2.05, 4.69) is 10.3 Å². The number of carbonyl (C=O) groups is 1. The summed E-state index contributed by atoms with van der Waals surface area (Å²) in [6.45, 7) is 0.106. The number of imidazole rings is 1. The maximum atomic E-state index is 13.7. The summed E-state index contributed by atoms with van der Waals surface area (Å²) in [5.41, 5.74) is 2.42. The summed E-state index contributed by atoms with van der Waals surface area (Å²) < 4.78 is 56.9. The third kappa shape index (κ3) is 4.00. The Balaban J connectivity index is 1.57. The van der Waals surface area contributed by atoms with Gasteiger partial charge in [-0.1, -0.05) is 12.1 Å². The molecule has 0 aliphatic rings. The van der Waals surface area contributed by atoms with E-state index in [-0.39, 0.29) is 17.6 Å². The van der Waals surface area contributed by atoms with Gasteiger partial charge in [-0.2, -0.15) is 13.2 Å². The van der Waals surface area contributed by atoms with Crippen LogP contribution in [0, 0.1) is 5.82 Å². The molecule has 34 heavy (non-hydrogen) atoms. The molecule has 0 aliphatic heterocycles. The van der Waals surface area contributed by atoms with Crippen molar-refractivity contribution in [1.82, 2.24) is 14.1 Å². The Morgan fingerprint density at radius 1 is 1.00 bits per heavy atom. The van der Waals surface area contributed by atoms with Crippen LogP contribution >= 0.6 is 0 Å². The fourth-order valence-electron chi connectivity index (χ4n) is 4.03. The van der Waals surface area contributed by atoms with E-state index in [1.54, 1.807) is 35.2 Å². The highest BCUT2D eigenvalue weighted by Crippen LogP contribution is 2.33. The molecule has 0 radical (unpaired) electrons. The zero-order chi connectivity index (χ0) is 24.0. The average molecular weight is 466 g/mol. The number of anilines is 1. The molecule has 9 heteroatoms. The summed E-state index contributed by atoms with van der Waals surface area (Å²) in [5, 5.41) is 3.06. The molecule has 5 nitrogen and oxygen atoms in total. The van der Waals surface area contributed by atoms with E-state index in [0.29, 0.717) is 22.3 Å². The zero-order valence-electron chi connectivity index (χ0n) is 17.9. The Kier molecular flexibility index (Phi) is 5.11. The summed E-state index contributed by atoms with van der Waals surface area (Å²) in [6, 6.07) is 15.8. The lowest BCUT2D eigenvalue weighted by Gasteiger charge is -2.12. The summed E-state index contributed by atoms with van der Waals surface area (Å²) in [5.74, 6) is -0.945. The highest BCUT2D eigenvalue weighted by molar-refractivity contribution is 6.07. The van der Waals surface area contributed by atoms with Gasteiger partial charge in [0.05, 0.1) is 22.9 Å². The highest BCUT2D eigenvalue weighted by Gasteiger charge is 2.31. The number of aromatic nitrogens is 3. The molecule has 172 valence electrons. The molecule has 0 fully saturated rings. The molecule has 5 rings (SSSR count). The van der Waals surface area contributed by atoms with Gasteiger partial charge >= 0.3 is 6.18 Å². The van der Waals surface area contributed by atoms with E-state index in [1.807, 2.05) is 17.7 Å². The lowest BCUT2D eigenvalue weighted by atomic mass is 10.1. The van der Waals surface area contributed by atoms with Crippen molar-refractivity contribution in [3.8, 4) is 0 Å². The third-order valence-corrected chi connectivity index (χ3v) is 5.67. The van der Waals surface area contributed by atoms with E-state index in [1.165, 1.54) is 24.3 Å². The normalized spacial score (nSPS) is 11.9. The lowest BCUT2D eigenvalue weighted by Crippen LogP contribution is -2.17. The molecule has 1 amide bonds. The maximum absolute atomic E-state index is 13.7. The topological polar surface area (TPSA) is 51.9 Å². The molecule has 0 aliphatic carbocycles. The molecule has 0 spiro atoms. The quantitative estimate of drug-likeness (QED) is 0.331. The lowest BCUT2D eigenvalue weighted by molar-refractivity contribution is -0.137. The molecular formula is C25H18F4N4O. The van der Waals surface area contributed by atoms with Gasteiger partial charge in [-0.25, -0.2) is 9.37 Å². The van der Waals surface area contributed by atoms with Gasteiger partial charge in [0.25, 0.3) is 5.91 Å². The van der Waals surface area contributed by atoms with Crippen LogP contribution in [0.3, 0.4) is 0 Å². The van der Waals surface area contributed by atoms with Gasteiger partial charge in [0, 0.05) is 30.2 Å². The molecule has 0 atom stereocenters. The summed E-state index contributed by atoms with van der Waals surface area (Å²) >= 11 is 0. The van der Waals surface area contributed by atoms with Gasteiger partial charge in [-0.05, 0) is 60.2 Å². The third-order valence-electron chi connectivity index (χ3n) is 5.67. The minimum absolute atomic E-state index is 0.106. The van der Waals surface area contributed by atoms with Crippen LogP contribution in [0.4, 0.5) is 23.2 Å². The summed E-state index contributed by atoms with van der Waals surface area (Å²) in [4.78, 5) is 17.5. The van der Waals surface area contributed by atoms with Crippen molar-refractivity contribution < 1.29 is 22.4 Å². The molecule has 3 aromatic carbocycles. The molecule has 0 unspecified atom stereocenters. The number of alkyl halides is 3. The Bertz CT molecular complexity index is 1550. The first-order chi connectivity index (χ1) is 16.2. The Labute approximate surface area is 191 Å². The predicted octanol–water partition coefficient (Wildman–Crippen LogP) is 5.99. The number of rotatable bonds is 4. The number of hydrogen-bond acceptors (Lipinski definition) is 2. The van der Waals surface area contributed by atoms with Crippen molar-refractivity contribution in [2.24, 2.45) is 7.05 Å². The van der Waals surface area contributed by atoms with Crippen LogP contribution in [0.1, 0.15) is 21.6 Å². The van der Waals surface area contributed by atoms with Crippen LogP contribution in [-0.4, -0.2) is 20.0 Å². The largest absolute Gasteiger partial charge is 0.416 e. The number of nitrogens with zero attached hydrogens (tertiary/aromatic N) is 3. The average Bonchev–Trinajstić information content (AvgIpc) is 3.33. The number of fused-ring (bicyclic) bond motifs is 2. The number of aryl methyl sites for hydroxylation is 1. The van der Waals surface area contributed by atoms with Crippen molar-refractivity contribution in [2.75, 3.05) is 5.32 Å². The minimum Gasteiger partial charge on any atom is -0.334 e. The van der Waals surface area contributed by atoms with E-state index in [0.717, 1.165) is 17.6 Å². The van der Waals surface area contributed by atoms with E-state index >= 15 is 0 Å². The second-order valence-corrected chi connectivity index (χ2v) is 8.03. The number of carbonyl (C=O) groups excluding carboxylic acids is 1. The number of hydrogen-bond donors (Lipinski definition) is 1. The first-order valence-electron chi connectivity index (χ1n) is 10.4. The van der Waals surface area contributed by atoms with Crippen molar-refractivity contribution >= 4 is 33.5 Å². The van der Waals surface area contributed by atoms with Crippen LogP contribution < -0.4 is 5.32 Å². The number of halogens is 4. The smallest absolute Gasteiger partial charge is 0.334 e. The Morgan fingerprint density at radius 3 is 2.56 bits per heavy atom. The molecule has 0 saturated heterocycles. The van der Waals surface area contributed by atoms with E-state index in [9.17, 15) is 22.4 Å². The Morgan fingerprint density at radius 2 is 1.79 bits per heavy atom. The summed E-state index contributed by atoms with van der Waals surface area (Å²) in [6.07, 6.45) is -2.86. The first kappa shape index (κ1) is 21.7. The van der Waals surface area contributed by atoms with Gasteiger partial charge in [0.2, 0.25) is 0 Å². The molecule has 5 aromatic rings. The van der Waals surface area contributed by atoms with Crippen molar-refractivity contribution in [2.45, 2.75) is 12.7 Å². The minimum atomic E-state index is -4.51. The fourth-order valence-corrected chi connectivity index (χ4v) is 4.03. The maximum Gasteiger partial charge on any atom is 0.416 e. The predicted molar refractivity (Wildman–Crippen MR) is 121 cm³/mol. The van der Waals surface area contributed by atoms with Crippen LogP contribution in [0.15, 0.2) is 73.1 Å². The molecule has 0 bridgehead atoms. The van der Waals surface area contributed by atoms with E-state index in [4.69, 9.17) is 0 Å². The summed E-state index contributed by atoms with van der Waals surface area (Å²) in [7, 11) is 1.85. The Hall–Kier alpha value is -4.14. The van der Waals surface area contributed by atoms with Gasteiger partial charge in [0.15, 0.2) is 0 Å². The molecular weight excluding hydrogens is 448 g/mol. The molecule has 2 heterocycles. The standard InChI is InChI=1S/C25H18F4N4O/c1-32-14-30-20-12-19(6-8-22(20)32)31-24(34)23-11-16-10-17(25(27,28)29)5-7-21(16)33(23)13-15-3-2-4-18(26)9-15/h2-12,14H,13H2,1H3,(H,31,34). The van der Waals surface area contributed by atoms with Crippen molar-refractivity contribution in [1.29, 1.82) is 0 Å². The zero-order valence-corrected chi connectivity index (χ0v) is 17.9. The second kappa shape index (κ2) is 8.02. The SMILES string of the molecule is Cn1cnc2cc(NC(=O)c3cc4cc(C(F)(F)F)ccc4n3Cc3cccc(F)c3)ccc21. The van der Waals surface area contributed by atoms with Gasteiger partial charge in [-0.3, -0.25) is 4.79 Å². The van der Waals surface area contributed by atoms with Gasteiger partial charge in [-0.15, -0.1) is 0 Å². The highest BCUT2D eigenvalue weighted by atomic mass is 19.4. The van der Waals surface area contributed by atoms with Crippen molar-refractivity contribution in [3.05, 3.63) is 95.7 Å². The van der Waals surface area contributed by atoms with Crippen LogP contribution in [-0.2, 0) is 19.8 Å². The molecule has 1 N–H and O–H groups in total. The first-order valence-corrected chi connectivity index (χ1v) is 10.4. The van der Waals surface area contributed by atoms with Crippen LogP contribution in [0.25, 0.3) is 21.9 Å².